The standard InChI is InChI=1S/C15H12N2O3/c1-8-2-5-12(19-8)14-10-4-3-9(18)6-13(10)20-15(17)11(14)7-16/h2-6,14,18H,17H2,1H3. The van der Waals surface area contributed by atoms with Crippen LogP contribution >= 0.6 is 0 Å². The molecule has 0 spiro atoms. The van der Waals surface area contributed by atoms with Crippen molar-refractivity contribution in [2.45, 2.75) is 12.8 Å². The summed E-state index contributed by atoms with van der Waals surface area (Å²) in [6.07, 6.45) is 0. The van der Waals surface area contributed by atoms with Gasteiger partial charge in [-0.25, -0.2) is 0 Å². The monoisotopic (exact) mass is 268 g/mol. The van der Waals surface area contributed by atoms with Gasteiger partial charge in [-0.05, 0) is 25.1 Å². The highest BCUT2D eigenvalue weighted by Crippen LogP contribution is 2.43. The van der Waals surface area contributed by atoms with Gasteiger partial charge in [0.25, 0.3) is 0 Å². The number of ether oxygens (including phenoxy) is 1. The lowest BCUT2D eigenvalue weighted by atomic mass is 9.87. The molecule has 2 aromatic rings. The zero-order valence-corrected chi connectivity index (χ0v) is 10.8. The number of nitrogens with zero attached hydrogens (tertiary/aromatic N) is 1. The number of benzene rings is 1. The van der Waals surface area contributed by atoms with Crippen LogP contribution in [0.1, 0.15) is 23.0 Å². The van der Waals surface area contributed by atoms with Gasteiger partial charge in [0.2, 0.25) is 5.88 Å². The molecule has 1 atom stereocenters. The summed E-state index contributed by atoms with van der Waals surface area (Å²) in [7, 11) is 0. The van der Waals surface area contributed by atoms with E-state index in [0.29, 0.717) is 17.1 Å². The van der Waals surface area contributed by atoms with Gasteiger partial charge in [0, 0.05) is 11.6 Å². The molecule has 100 valence electrons. The zero-order valence-electron chi connectivity index (χ0n) is 10.8. The van der Waals surface area contributed by atoms with Crippen LogP contribution in [0.15, 0.2) is 46.2 Å². The Labute approximate surface area is 115 Å². The first-order valence-corrected chi connectivity index (χ1v) is 6.07. The molecular formula is C15H12N2O3. The maximum Gasteiger partial charge on any atom is 0.205 e. The minimum atomic E-state index is -0.418. The lowest BCUT2D eigenvalue weighted by Crippen LogP contribution is -2.20. The summed E-state index contributed by atoms with van der Waals surface area (Å²) < 4.78 is 11.0. The largest absolute Gasteiger partial charge is 0.508 e. The van der Waals surface area contributed by atoms with Gasteiger partial charge < -0.3 is 20.0 Å². The summed E-state index contributed by atoms with van der Waals surface area (Å²) in [5.74, 6) is 1.49. The van der Waals surface area contributed by atoms with Crippen LogP contribution < -0.4 is 10.5 Å². The summed E-state index contributed by atoms with van der Waals surface area (Å²) in [5, 5.41) is 18.9. The number of hydrogen-bond donors (Lipinski definition) is 2. The number of fused-ring (bicyclic) bond motifs is 1. The number of aryl methyl sites for hydroxylation is 1. The lowest BCUT2D eigenvalue weighted by molar-refractivity contribution is 0.377. The van der Waals surface area contributed by atoms with Gasteiger partial charge in [-0.2, -0.15) is 5.26 Å². The SMILES string of the molecule is Cc1ccc(C2C(C#N)=C(N)Oc3cc(O)ccc32)o1. The molecule has 3 N–H and O–H groups in total. The number of rotatable bonds is 1. The summed E-state index contributed by atoms with van der Waals surface area (Å²) in [6, 6.07) is 10.4. The van der Waals surface area contributed by atoms with Crippen LogP contribution in [0.4, 0.5) is 0 Å². The van der Waals surface area contributed by atoms with Gasteiger partial charge in [-0.3, -0.25) is 0 Å². The van der Waals surface area contributed by atoms with E-state index in [1.165, 1.54) is 6.07 Å². The topological polar surface area (TPSA) is 92.4 Å². The molecule has 5 heteroatoms. The molecule has 1 unspecified atom stereocenters. The van der Waals surface area contributed by atoms with E-state index in [1.54, 1.807) is 12.1 Å². The van der Waals surface area contributed by atoms with Crippen LogP contribution in [0.3, 0.4) is 0 Å². The molecule has 0 saturated heterocycles. The summed E-state index contributed by atoms with van der Waals surface area (Å²) in [6.45, 7) is 1.83. The summed E-state index contributed by atoms with van der Waals surface area (Å²) in [5.41, 5.74) is 6.84. The van der Waals surface area contributed by atoms with Crippen LogP contribution in [0.5, 0.6) is 11.5 Å². The number of hydrogen-bond acceptors (Lipinski definition) is 5. The number of phenols is 1. The molecule has 0 aliphatic carbocycles. The number of nitriles is 1. The van der Waals surface area contributed by atoms with Gasteiger partial charge >= 0.3 is 0 Å². The van der Waals surface area contributed by atoms with E-state index in [0.717, 1.165) is 11.3 Å². The second-order valence-corrected chi connectivity index (χ2v) is 4.60. The van der Waals surface area contributed by atoms with Crippen molar-refractivity contribution in [2.24, 2.45) is 5.73 Å². The van der Waals surface area contributed by atoms with Crippen molar-refractivity contribution in [3.63, 3.8) is 0 Å². The van der Waals surface area contributed by atoms with Crippen molar-refractivity contribution in [3.05, 3.63) is 58.9 Å². The Morgan fingerprint density at radius 3 is 2.75 bits per heavy atom. The maximum absolute atomic E-state index is 9.53. The van der Waals surface area contributed by atoms with E-state index < -0.39 is 5.92 Å². The molecule has 1 aliphatic rings. The Kier molecular flexibility index (Phi) is 2.65. The molecule has 0 bridgehead atoms. The van der Waals surface area contributed by atoms with Crippen LogP contribution in [-0.2, 0) is 0 Å². The lowest BCUT2D eigenvalue weighted by Gasteiger charge is -2.24. The number of nitrogens with two attached hydrogens (primary N) is 1. The Balaban J connectivity index is 2.22. The first kappa shape index (κ1) is 12.2. The average molecular weight is 268 g/mol. The average Bonchev–Trinajstić information content (AvgIpc) is 2.83. The molecule has 0 saturated carbocycles. The molecule has 2 heterocycles. The predicted molar refractivity (Wildman–Crippen MR) is 70.8 cm³/mol. The first-order valence-electron chi connectivity index (χ1n) is 6.07. The third kappa shape index (κ3) is 1.79. The van der Waals surface area contributed by atoms with Crippen molar-refractivity contribution in [1.82, 2.24) is 0 Å². The maximum atomic E-state index is 9.53. The van der Waals surface area contributed by atoms with E-state index in [9.17, 15) is 10.4 Å². The predicted octanol–water partition coefficient (Wildman–Crippen LogP) is 2.51. The highest BCUT2D eigenvalue weighted by atomic mass is 16.5. The number of furan rings is 1. The van der Waals surface area contributed by atoms with Crippen molar-refractivity contribution >= 4 is 0 Å². The van der Waals surface area contributed by atoms with Crippen molar-refractivity contribution < 1.29 is 14.3 Å². The second-order valence-electron chi connectivity index (χ2n) is 4.60. The molecule has 1 aromatic heterocycles. The zero-order chi connectivity index (χ0) is 14.3. The van der Waals surface area contributed by atoms with Crippen LogP contribution in [0.25, 0.3) is 0 Å². The van der Waals surface area contributed by atoms with E-state index >= 15 is 0 Å². The quantitative estimate of drug-likeness (QED) is 0.829. The van der Waals surface area contributed by atoms with E-state index in [-0.39, 0.29) is 11.6 Å². The molecule has 20 heavy (non-hydrogen) atoms. The van der Waals surface area contributed by atoms with E-state index in [1.807, 2.05) is 19.1 Å². The summed E-state index contributed by atoms with van der Waals surface area (Å²) >= 11 is 0. The third-order valence-corrected chi connectivity index (χ3v) is 3.25. The minimum Gasteiger partial charge on any atom is -0.508 e. The molecule has 3 rings (SSSR count). The fourth-order valence-electron chi connectivity index (χ4n) is 2.34. The highest BCUT2D eigenvalue weighted by Gasteiger charge is 2.32. The molecule has 1 aromatic carbocycles. The number of phenolic OH excluding ortho intramolecular Hbond substituents is 1. The van der Waals surface area contributed by atoms with Gasteiger partial charge in [-0.15, -0.1) is 0 Å². The van der Waals surface area contributed by atoms with Gasteiger partial charge in [0.05, 0.1) is 5.92 Å². The fraction of sp³-hybridized carbons (Fsp3) is 0.133. The van der Waals surface area contributed by atoms with Gasteiger partial charge in [0.1, 0.15) is 34.7 Å². The van der Waals surface area contributed by atoms with Crippen molar-refractivity contribution in [2.75, 3.05) is 0 Å². The highest BCUT2D eigenvalue weighted by molar-refractivity contribution is 5.55. The first-order chi connectivity index (χ1) is 9.60. The normalized spacial score (nSPS) is 17.3. The van der Waals surface area contributed by atoms with E-state index in [2.05, 4.69) is 6.07 Å². The van der Waals surface area contributed by atoms with E-state index in [4.69, 9.17) is 14.9 Å². The molecule has 1 aliphatic heterocycles. The second kappa shape index (κ2) is 4.35. The van der Waals surface area contributed by atoms with Crippen LogP contribution in [0, 0.1) is 18.3 Å². The van der Waals surface area contributed by atoms with Gasteiger partial charge in [-0.1, -0.05) is 6.07 Å². The Bertz CT molecular complexity index is 753. The van der Waals surface area contributed by atoms with Gasteiger partial charge in [0.15, 0.2) is 0 Å². The molecule has 0 amide bonds. The van der Waals surface area contributed by atoms with Crippen LogP contribution in [0.2, 0.25) is 0 Å². The smallest absolute Gasteiger partial charge is 0.205 e. The van der Waals surface area contributed by atoms with Crippen molar-refractivity contribution in [3.8, 4) is 17.6 Å². The third-order valence-electron chi connectivity index (χ3n) is 3.25. The van der Waals surface area contributed by atoms with Crippen LogP contribution in [-0.4, -0.2) is 5.11 Å². The fourth-order valence-corrected chi connectivity index (χ4v) is 2.34. The Morgan fingerprint density at radius 1 is 1.30 bits per heavy atom. The number of aromatic hydroxyl groups is 1. The summed E-state index contributed by atoms with van der Waals surface area (Å²) in [4.78, 5) is 0. The molecule has 5 nitrogen and oxygen atoms in total. The Morgan fingerprint density at radius 2 is 2.10 bits per heavy atom. The molecule has 0 fully saturated rings. The number of allylic oxidation sites excluding steroid dienone is 1. The Hall–Kier alpha value is -2.87. The van der Waals surface area contributed by atoms with Crippen molar-refractivity contribution in [1.29, 1.82) is 5.26 Å². The molecule has 0 radical (unpaired) electrons. The minimum absolute atomic E-state index is 0.0321. The molecular weight excluding hydrogens is 256 g/mol.